The van der Waals surface area contributed by atoms with Gasteiger partial charge in [0.15, 0.2) is 0 Å². The molecule has 2 heterocycles. The normalized spacial score (nSPS) is 12.0. The average molecular weight is 374 g/mol. The van der Waals surface area contributed by atoms with Crippen molar-refractivity contribution in [3.63, 3.8) is 0 Å². The van der Waals surface area contributed by atoms with Gasteiger partial charge in [-0.2, -0.15) is 0 Å². The van der Waals surface area contributed by atoms with Gasteiger partial charge in [-0.25, -0.2) is 8.42 Å². The minimum atomic E-state index is -3.68. The largest absolute Gasteiger partial charge is 0.345 e. The van der Waals surface area contributed by atoms with E-state index in [1.54, 1.807) is 36.7 Å². The van der Waals surface area contributed by atoms with Gasteiger partial charge in [0.1, 0.15) is 5.03 Å². The van der Waals surface area contributed by atoms with Crippen molar-refractivity contribution in [3.05, 3.63) is 89.7 Å². The second-order valence-corrected chi connectivity index (χ2v) is 8.24. The van der Waals surface area contributed by atoms with Crippen LogP contribution in [0.3, 0.4) is 0 Å². The maximum absolute atomic E-state index is 13.3. The zero-order chi connectivity index (χ0) is 18.9. The zero-order valence-corrected chi connectivity index (χ0v) is 15.6. The molecular formula is C22H18N2O2S. The Labute approximate surface area is 158 Å². The summed E-state index contributed by atoms with van der Waals surface area (Å²) in [5, 5.41) is 1.07. The number of nitrogens with one attached hydrogen (secondary N) is 1. The van der Waals surface area contributed by atoms with Gasteiger partial charge >= 0.3 is 0 Å². The van der Waals surface area contributed by atoms with Crippen molar-refractivity contribution in [1.29, 1.82) is 0 Å². The number of pyridine rings is 1. The van der Waals surface area contributed by atoms with E-state index in [1.807, 2.05) is 55.5 Å². The monoisotopic (exact) mass is 374 g/mol. The Morgan fingerprint density at radius 3 is 2.44 bits per heavy atom. The number of hydrogen-bond acceptors (Lipinski definition) is 3. The van der Waals surface area contributed by atoms with Gasteiger partial charge < -0.3 is 4.98 Å². The number of hydrogen-bond donors (Lipinski definition) is 1. The first kappa shape index (κ1) is 17.2. The number of rotatable bonds is 4. The molecule has 4 nitrogen and oxygen atoms in total. The highest BCUT2D eigenvalue weighted by atomic mass is 32.2. The lowest BCUT2D eigenvalue weighted by atomic mass is 10.1. The van der Waals surface area contributed by atoms with Crippen molar-refractivity contribution in [3.8, 4) is 0 Å². The van der Waals surface area contributed by atoms with Crippen LogP contribution < -0.4 is 0 Å². The van der Waals surface area contributed by atoms with E-state index in [1.165, 1.54) is 0 Å². The summed E-state index contributed by atoms with van der Waals surface area (Å²) in [7, 11) is -3.68. The maximum atomic E-state index is 13.3. The molecule has 0 atom stereocenters. The topological polar surface area (TPSA) is 62.8 Å². The second-order valence-electron chi connectivity index (χ2n) is 6.35. The Hall–Kier alpha value is -3.18. The van der Waals surface area contributed by atoms with Crippen molar-refractivity contribution in [1.82, 2.24) is 9.97 Å². The molecular weight excluding hydrogens is 356 g/mol. The average Bonchev–Trinajstić information content (AvgIpc) is 3.07. The van der Waals surface area contributed by atoms with Crippen LogP contribution in [0.1, 0.15) is 16.7 Å². The summed E-state index contributed by atoms with van der Waals surface area (Å²) in [6.07, 6.45) is 7.14. The minimum Gasteiger partial charge on any atom is -0.345 e. The van der Waals surface area contributed by atoms with E-state index in [9.17, 15) is 8.42 Å². The lowest BCUT2D eigenvalue weighted by Crippen LogP contribution is -2.04. The summed E-state index contributed by atoms with van der Waals surface area (Å²) in [6, 6.07) is 18.3. The van der Waals surface area contributed by atoms with E-state index >= 15 is 0 Å². The molecule has 0 amide bonds. The van der Waals surface area contributed by atoms with Crippen molar-refractivity contribution >= 4 is 32.9 Å². The Morgan fingerprint density at radius 1 is 0.926 bits per heavy atom. The van der Waals surface area contributed by atoms with Crippen LogP contribution in [0.5, 0.6) is 0 Å². The third kappa shape index (κ3) is 3.29. The third-order valence-corrected chi connectivity index (χ3v) is 6.19. The molecule has 2 aromatic carbocycles. The Morgan fingerprint density at radius 2 is 1.70 bits per heavy atom. The van der Waals surface area contributed by atoms with Gasteiger partial charge in [0, 0.05) is 28.9 Å². The van der Waals surface area contributed by atoms with Crippen molar-refractivity contribution in [2.24, 2.45) is 0 Å². The van der Waals surface area contributed by atoms with Crippen LogP contribution in [0.4, 0.5) is 0 Å². The summed E-state index contributed by atoms with van der Waals surface area (Å²) in [5.74, 6) is 0. The first-order valence-electron chi connectivity index (χ1n) is 8.56. The van der Waals surface area contributed by atoms with Crippen molar-refractivity contribution in [2.45, 2.75) is 16.8 Å². The Bertz CT molecular complexity index is 1220. The summed E-state index contributed by atoms with van der Waals surface area (Å²) in [6.45, 7) is 1.93. The van der Waals surface area contributed by atoms with Gasteiger partial charge in [0.25, 0.3) is 0 Å². The Kier molecular flexibility index (Phi) is 4.38. The fraction of sp³-hybridized carbons (Fsp3) is 0.0455. The molecule has 4 aromatic rings. The summed E-state index contributed by atoms with van der Waals surface area (Å²) in [4.78, 5) is 7.47. The zero-order valence-electron chi connectivity index (χ0n) is 14.8. The van der Waals surface area contributed by atoms with Crippen LogP contribution in [-0.4, -0.2) is 18.4 Å². The molecule has 0 saturated carbocycles. The standard InChI is InChI=1S/C22H18N2O2S/c1-16-8-11-18(12-9-16)27(25,26)22-20(13-10-17-5-4-14-23-15-17)19-6-2-3-7-21(19)24-22/h2-15,24H,1H3/b13-10+. The second kappa shape index (κ2) is 6.85. The molecule has 0 aliphatic rings. The highest BCUT2D eigenvalue weighted by Gasteiger charge is 2.24. The predicted molar refractivity (Wildman–Crippen MR) is 108 cm³/mol. The van der Waals surface area contributed by atoms with E-state index in [-0.39, 0.29) is 9.92 Å². The third-order valence-electron chi connectivity index (χ3n) is 4.44. The van der Waals surface area contributed by atoms with Crippen LogP contribution in [0, 0.1) is 6.92 Å². The van der Waals surface area contributed by atoms with Crippen LogP contribution in [0.25, 0.3) is 23.1 Å². The Balaban J connectivity index is 1.90. The molecule has 5 heteroatoms. The number of aryl methyl sites for hydroxylation is 1. The number of H-pyrrole nitrogens is 1. The summed E-state index contributed by atoms with van der Waals surface area (Å²) < 4.78 is 26.5. The molecule has 0 aliphatic heterocycles. The van der Waals surface area contributed by atoms with Gasteiger partial charge in [-0.15, -0.1) is 0 Å². The summed E-state index contributed by atoms with van der Waals surface area (Å²) in [5.41, 5.74) is 3.35. The van der Waals surface area contributed by atoms with E-state index in [2.05, 4.69) is 9.97 Å². The van der Waals surface area contributed by atoms with Gasteiger partial charge in [0.2, 0.25) is 9.84 Å². The fourth-order valence-electron chi connectivity index (χ4n) is 3.01. The SMILES string of the molecule is Cc1ccc(S(=O)(=O)c2[nH]c3ccccc3c2/C=C/c2cccnc2)cc1. The van der Waals surface area contributed by atoms with Crippen LogP contribution in [-0.2, 0) is 9.84 Å². The van der Waals surface area contributed by atoms with Crippen LogP contribution in [0.2, 0.25) is 0 Å². The van der Waals surface area contributed by atoms with E-state index in [0.29, 0.717) is 5.56 Å². The van der Waals surface area contributed by atoms with Gasteiger partial charge in [-0.1, -0.05) is 54.1 Å². The molecule has 0 bridgehead atoms. The predicted octanol–water partition coefficient (Wildman–Crippen LogP) is 4.87. The molecule has 0 radical (unpaired) electrons. The van der Waals surface area contributed by atoms with Crippen molar-refractivity contribution < 1.29 is 8.42 Å². The molecule has 0 unspecified atom stereocenters. The molecule has 0 saturated heterocycles. The van der Waals surface area contributed by atoms with Crippen molar-refractivity contribution in [2.75, 3.05) is 0 Å². The molecule has 0 aliphatic carbocycles. The minimum absolute atomic E-state index is 0.202. The van der Waals surface area contributed by atoms with E-state index < -0.39 is 9.84 Å². The lowest BCUT2D eigenvalue weighted by molar-refractivity contribution is 0.593. The quantitative estimate of drug-likeness (QED) is 0.554. The number of para-hydroxylation sites is 1. The first-order valence-corrected chi connectivity index (χ1v) is 10.0. The van der Waals surface area contributed by atoms with Crippen LogP contribution in [0.15, 0.2) is 83.0 Å². The maximum Gasteiger partial charge on any atom is 0.222 e. The molecule has 0 fully saturated rings. The number of fused-ring (bicyclic) bond motifs is 1. The van der Waals surface area contributed by atoms with Gasteiger partial charge in [0.05, 0.1) is 4.90 Å². The number of nitrogens with zero attached hydrogens (tertiary/aromatic N) is 1. The van der Waals surface area contributed by atoms with Gasteiger partial charge in [-0.3, -0.25) is 4.98 Å². The summed E-state index contributed by atoms with van der Waals surface area (Å²) >= 11 is 0. The molecule has 27 heavy (non-hydrogen) atoms. The lowest BCUT2D eigenvalue weighted by Gasteiger charge is -2.05. The number of benzene rings is 2. The van der Waals surface area contributed by atoms with E-state index in [0.717, 1.165) is 22.0 Å². The fourth-order valence-corrected chi connectivity index (χ4v) is 4.45. The highest BCUT2D eigenvalue weighted by Crippen LogP contribution is 2.31. The van der Waals surface area contributed by atoms with Gasteiger partial charge in [-0.05, 0) is 36.8 Å². The highest BCUT2D eigenvalue weighted by molar-refractivity contribution is 7.91. The molecule has 134 valence electrons. The molecule has 0 spiro atoms. The molecule has 2 aromatic heterocycles. The van der Waals surface area contributed by atoms with Crippen LogP contribution >= 0.6 is 0 Å². The number of aromatic nitrogens is 2. The van der Waals surface area contributed by atoms with E-state index in [4.69, 9.17) is 0 Å². The first-order chi connectivity index (χ1) is 13.1. The smallest absolute Gasteiger partial charge is 0.222 e. The number of aromatic amines is 1. The number of sulfone groups is 1. The molecule has 1 N–H and O–H groups in total. The molecule has 4 rings (SSSR count).